The van der Waals surface area contributed by atoms with Gasteiger partial charge in [0.15, 0.2) is 0 Å². The van der Waals surface area contributed by atoms with Crippen LogP contribution in [0.4, 0.5) is 13.2 Å². The van der Waals surface area contributed by atoms with Crippen LogP contribution in [0.15, 0.2) is 36.7 Å². The number of aryl methyl sites for hydroxylation is 1. The van der Waals surface area contributed by atoms with E-state index in [0.717, 1.165) is 24.7 Å². The van der Waals surface area contributed by atoms with E-state index in [4.69, 9.17) is 0 Å². The molecule has 0 bridgehead atoms. The summed E-state index contributed by atoms with van der Waals surface area (Å²) < 4.78 is 41.2. The second kappa shape index (κ2) is 6.90. The number of hydrogen-bond donors (Lipinski definition) is 0. The molecular weight excluding hydrogens is 331 g/mol. The Bertz CT molecular complexity index is 754. The van der Waals surface area contributed by atoms with Crippen LogP contribution in [-0.4, -0.2) is 33.4 Å². The molecule has 1 aliphatic rings. The molecule has 1 fully saturated rings. The van der Waals surface area contributed by atoms with Gasteiger partial charge in [-0.05, 0) is 24.5 Å². The number of alkyl halides is 3. The molecular formula is C18H20F3N3O. The first-order valence-corrected chi connectivity index (χ1v) is 8.26. The number of benzene rings is 1. The molecule has 1 saturated heterocycles. The molecule has 1 aliphatic heterocycles. The van der Waals surface area contributed by atoms with E-state index in [1.165, 1.54) is 18.2 Å². The van der Waals surface area contributed by atoms with Gasteiger partial charge in [-0.15, -0.1) is 0 Å². The maximum atomic E-state index is 13.1. The number of rotatable bonds is 3. The van der Waals surface area contributed by atoms with Crippen molar-refractivity contribution in [2.75, 3.05) is 13.1 Å². The van der Waals surface area contributed by atoms with Crippen LogP contribution in [-0.2, 0) is 24.4 Å². The maximum Gasteiger partial charge on any atom is 0.416 e. The van der Waals surface area contributed by atoms with Crippen molar-refractivity contribution in [3.63, 3.8) is 0 Å². The van der Waals surface area contributed by atoms with E-state index in [-0.39, 0.29) is 23.8 Å². The molecule has 0 aliphatic carbocycles. The third-order valence-corrected chi connectivity index (χ3v) is 4.66. The summed E-state index contributed by atoms with van der Waals surface area (Å²) in [6.07, 6.45) is 0.639. The van der Waals surface area contributed by atoms with E-state index < -0.39 is 11.7 Å². The van der Waals surface area contributed by atoms with Crippen LogP contribution < -0.4 is 0 Å². The topological polar surface area (TPSA) is 38.1 Å². The maximum absolute atomic E-state index is 13.1. The molecule has 0 radical (unpaired) electrons. The Labute approximate surface area is 144 Å². The summed E-state index contributed by atoms with van der Waals surface area (Å²) in [6.45, 7) is 1.08. The molecule has 2 heterocycles. The van der Waals surface area contributed by atoms with E-state index in [0.29, 0.717) is 13.1 Å². The standard InChI is InChI=1S/C18H20F3N3O/c1-23-10-8-22-17(23)14-6-4-9-24(12-14)16(25)11-13-5-2-3-7-15(13)18(19,20)21/h2-3,5,7-8,10,14H,4,6,9,11-12H2,1H3/t14-/m0/s1. The van der Waals surface area contributed by atoms with Crippen LogP contribution in [0.3, 0.4) is 0 Å². The van der Waals surface area contributed by atoms with Crippen LogP contribution in [0.1, 0.15) is 35.7 Å². The van der Waals surface area contributed by atoms with E-state index in [9.17, 15) is 18.0 Å². The lowest BCUT2D eigenvalue weighted by molar-refractivity contribution is -0.138. The van der Waals surface area contributed by atoms with Crippen LogP contribution in [0.2, 0.25) is 0 Å². The first-order valence-electron chi connectivity index (χ1n) is 8.26. The Kier molecular flexibility index (Phi) is 4.83. The predicted octanol–water partition coefficient (Wildman–Crippen LogP) is 3.39. The van der Waals surface area contributed by atoms with E-state index in [2.05, 4.69) is 4.98 Å². The number of amides is 1. The summed E-state index contributed by atoms with van der Waals surface area (Å²) in [4.78, 5) is 18.6. The van der Waals surface area contributed by atoms with Crippen LogP contribution in [0, 0.1) is 0 Å². The number of nitrogens with zero attached hydrogens (tertiary/aromatic N) is 3. The molecule has 4 nitrogen and oxygen atoms in total. The summed E-state index contributed by atoms with van der Waals surface area (Å²) in [6, 6.07) is 5.27. The highest BCUT2D eigenvalue weighted by atomic mass is 19.4. The Morgan fingerprint density at radius 2 is 2.08 bits per heavy atom. The van der Waals surface area contributed by atoms with Gasteiger partial charge in [-0.3, -0.25) is 4.79 Å². The smallest absolute Gasteiger partial charge is 0.342 e. The Morgan fingerprint density at radius 3 is 2.76 bits per heavy atom. The summed E-state index contributed by atoms with van der Waals surface area (Å²) >= 11 is 0. The number of hydrogen-bond acceptors (Lipinski definition) is 2. The van der Waals surface area contributed by atoms with Crippen molar-refractivity contribution in [2.24, 2.45) is 7.05 Å². The molecule has 134 valence electrons. The number of carbonyl (C=O) groups is 1. The molecule has 25 heavy (non-hydrogen) atoms. The minimum Gasteiger partial charge on any atom is -0.342 e. The van der Waals surface area contributed by atoms with Crippen molar-refractivity contribution >= 4 is 5.91 Å². The molecule has 3 rings (SSSR count). The zero-order valence-electron chi connectivity index (χ0n) is 14.0. The molecule has 1 aromatic carbocycles. The molecule has 0 N–H and O–H groups in total. The summed E-state index contributed by atoms with van der Waals surface area (Å²) in [5.41, 5.74) is -0.708. The monoisotopic (exact) mass is 351 g/mol. The van der Waals surface area contributed by atoms with E-state index >= 15 is 0 Å². The number of likely N-dealkylation sites (tertiary alicyclic amines) is 1. The average molecular weight is 351 g/mol. The fourth-order valence-electron chi connectivity index (χ4n) is 3.41. The third-order valence-electron chi connectivity index (χ3n) is 4.66. The van der Waals surface area contributed by atoms with Gasteiger partial charge < -0.3 is 9.47 Å². The van der Waals surface area contributed by atoms with Crippen LogP contribution in [0.5, 0.6) is 0 Å². The van der Waals surface area contributed by atoms with Gasteiger partial charge in [0.1, 0.15) is 5.82 Å². The first-order chi connectivity index (χ1) is 11.9. The molecule has 0 saturated carbocycles. The first kappa shape index (κ1) is 17.5. The van der Waals surface area contributed by atoms with Gasteiger partial charge in [-0.25, -0.2) is 4.98 Å². The number of halogens is 3. The second-order valence-electron chi connectivity index (χ2n) is 6.41. The summed E-state index contributed by atoms with van der Waals surface area (Å²) in [5.74, 6) is 0.763. The van der Waals surface area contributed by atoms with Gasteiger partial charge in [0.05, 0.1) is 12.0 Å². The van der Waals surface area contributed by atoms with E-state index in [1.807, 2.05) is 17.8 Å². The number of imidazole rings is 1. The molecule has 7 heteroatoms. The SMILES string of the molecule is Cn1ccnc1[C@H]1CCCN(C(=O)Cc2ccccc2C(F)(F)F)C1. The fraction of sp³-hybridized carbons (Fsp3) is 0.444. The zero-order chi connectivity index (χ0) is 18.0. The lowest BCUT2D eigenvalue weighted by Gasteiger charge is -2.32. The van der Waals surface area contributed by atoms with Crippen LogP contribution in [0.25, 0.3) is 0 Å². The predicted molar refractivity (Wildman–Crippen MR) is 86.9 cm³/mol. The van der Waals surface area contributed by atoms with Gasteiger partial charge in [0.2, 0.25) is 5.91 Å². The Balaban J connectivity index is 1.73. The number of aromatic nitrogens is 2. The third kappa shape index (κ3) is 3.86. The zero-order valence-corrected chi connectivity index (χ0v) is 14.0. The van der Waals surface area contributed by atoms with Crippen LogP contribution >= 0.6 is 0 Å². The van der Waals surface area contributed by atoms with Crippen molar-refractivity contribution in [2.45, 2.75) is 31.4 Å². The van der Waals surface area contributed by atoms with Crippen molar-refractivity contribution in [1.82, 2.24) is 14.5 Å². The fourth-order valence-corrected chi connectivity index (χ4v) is 3.41. The number of carbonyl (C=O) groups excluding carboxylic acids is 1. The molecule has 0 unspecified atom stereocenters. The van der Waals surface area contributed by atoms with E-state index in [1.54, 1.807) is 11.1 Å². The molecule has 1 amide bonds. The van der Waals surface area contributed by atoms with Gasteiger partial charge in [0, 0.05) is 38.4 Å². The van der Waals surface area contributed by atoms with Crippen molar-refractivity contribution < 1.29 is 18.0 Å². The minimum absolute atomic E-state index is 0.0270. The quantitative estimate of drug-likeness (QED) is 0.850. The van der Waals surface area contributed by atoms with Gasteiger partial charge >= 0.3 is 6.18 Å². The summed E-state index contributed by atoms with van der Waals surface area (Å²) in [7, 11) is 1.91. The minimum atomic E-state index is -4.45. The van der Waals surface area contributed by atoms with Crippen molar-refractivity contribution in [3.05, 3.63) is 53.6 Å². The average Bonchev–Trinajstić information content (AvgIpc) is 3.00. The molecule has 2 aromatic rings. The summed E-state index contributed by atoms with van der Waals surface area (Å²) in [5, 5.41) is 0. The largest absolute Gasteiger partial charge is 0.416 e. The highest BCUT2D eigenvalue weighted by molar-refractivity contribution is 5.79. The lowest BCUT2D eigenvalue weighted by Crippen LogP contribution is -2.40. The highest BCUT2D eigenvalue weighted by Gasteiger charge is 2.34. The number of piperidine rings is 1. The van der Waals surface area contributed by atoms with Gasteiger partial charge in [-0.1, -0.05) is 18.2 Å². The molecule has 0 spiro atoms. The van der Waals surface area contributed by atoms with Gasteiger partial charge in [0.25, 0.3) is 0 Å². The van der Waals surface area contributed by atoms with Gasteiger partial charge in [-0.2, -0.15) is 13.2 Å². The van der Waals surface area contributed by atoms with Crippen molar-refractivity contribution in [3.8, 4) is 0 Å². The molecule has 1 aromatic heterocycles. The van der Waals surface area contributed by atoms with Crippen molar-refractivity contribution in [1.29, 1.82) is 0 Å². The normalized spacial score (nSPS) is 18.4. The highest BCUT2D eigenvalue weighted by Crippen LogP contribution is 2.32. The second-order valence-corrected chi connectivity index (χ2v) is 6.41. The molecule has 1 atom stereocenters. The lowest BCUT2D eigenvalue weighted by atomic mass is 9.96. The Morgan fingerprint density at radius 1 is 1.32 bits per heavy atom. The Hall–Kier alpha value is -2.31.